The highest BCUT2D eigenvalue weighted by Crippen LogP contribution is 2.34. The summed E-state index contributed by atoms with van der Waals surface area (Å²) >= 11 is 1.08. The number of carbonyl (C=O) groups is 3. The lowest BCUT2D eigenvalue weighted by Gasteiger charge is -2.25. The summed E-state index contributed by atoms with van der Waals surface area (Å²) in [6.07, 6.45) is 0.292. The third-order valence-electron chi connectivity index (χ3n) is 6.65. The first-order valence-electron chi connectivity index (χ1n) is 13.2. The molecule has 14 heteroatoms. The smallest absolute Gasteiger partial charge is 0.259 e. The number of fused-ring (bicyclic) bond motifs is 3. The van der Waals surface area contributed by atoms with E-state index in [4.69, 9.17) is 5.14 Å². The molecule has 1 atom stereocenters. The molecule has 2 heterocycles. The predicted molar refractivity (Wildman–Crippen MR) is 161 cm³/mol. The van der Waals surface area contributed by atoms with Crippen molar-refractivity contribution in [3.63, 3.8) is 0 Å². The van der Waals surface area contributed by atoms with Gasteiger partial charge in [-0.15, -0.1) is 0 Å². The lowest BCUT2D eigenvalue weighted by Crippen LogP contribution is -2.42. The van der Waals surface area contributed by atoms with Gasteiger partial charge in [0.25, 0.3) is 5.91 Å². The van der Waals surface area contributed by atoms with Gasteiger partial charge >= 0.3 is 0 Å². The van der Waals surface area contributed by atoms with Gasteiger partial charge in [0, 0.05) is 18.7 Å². The minimum Gasteiger partial charge on any atom is -0.355 e. The van der Waals surface area contributed by atoms with E-state index in [1.807, 2.05) is 0 Å². The number of nitrogens with zero attached hydrogens (tertiary/aromatic N) is 3. The number of amidine groups is 2. The Morgan fingerprint density at radius 1 is 0.953 bits per heavy atom. The van der Waals surface area contributed by atoms with Crippen LogP contribution in [0.2, 0.25) is 0 Å². The van der Waals surface area contributed by atoms with E-state index < -0.39 is 22.0 Å². The number of nitrogens with one attached hydrogen (secondary N) is 2. The van der Waals surface area contributed by atoms with Crippen LogP contribution < -0.4 is 15.8 Å². The third kappa shape index (κ3) is 7.34. The number of rotatable bonds is 10. The fourth-order valence-corrected chi connectivity index (χ4v) is 5.80. The van der Waals surface area contributed by atoms with Crippen LogP contribution in [0.1, 0.15) is 23.1 Å². The predicted octanol–water partition coefficient (Wildman–Crippen LogP) is 2.23. The summed E-state index contributed by atoms with van der Waals surface area (Å²) in [6.45, 7) is 0.496. The van der Waals surface area contributed by atoms with Crippen molar-refractivity contribution in [2.45, 2.75) is 30.3 Å². The summed E-state index contributed by atoms with van der Waals surface area (Å²) in [6, 6.07) is 18.1. The molecule has 222 valence electrons. The van der Waals surface area contributed by atoms with E-state index in [1.54, 1.807) is 48.5 Å². The molecular weight excluding hydrogens is 595 g/mol. The van der Waals surface area contributed by atoms with E-state index >= 15 is 0 Å². The Hall–Kier alpha value is -4.40. The molecule has 0 unspecified atom stereocenters. The van der Waals surface area contributed by atoms with E-state index in [1.165, 1.54) is 29.2 Å². The third-order valence-corrected chi connectivity index (χ3v) is 8.52. The summed E-state index contributed by atoms with van der Waals surface area (Å²) in [5.74, 6) is -1.11. The maximum absolute atomic E-state index is 13.4. The van der Waals surface area contributed by atoms with Gasteiger partial charge in [0.15, 0.2) is 5.17 Å². The molecule has 2 aliphatic heterocycles. The molecule has 0 saturated heterocycles. The number of amides is 3. The van der Waals surface area contributed by atoms with Crippen LogP contribution in [0.15, 0.2) is 87.7 Å². The summed E-state index contributed by atoms with van der Waals surface area (Å²) < 4.78 is 36.0. The van der Waals surface area contributed by atoms with Gasteiger partial charge in [0.05, 0.1) is 22.8 Å². The second-order valence-corrected chi connectivity index (χ2v) is 12.2. The molecule has 0 saturated carbocycles. The Bertz CT molecular complexity index is 1730. The zero-order valence-corrected chi connectivity index (χ0v) is 24.3. The molecular formula is C29H27FN6O5S2. The number of nitrogens with two attached hydrogens (primary N) is 1. The van der Waals surface area contributed by atoms with Crippen LogP contribution in [0.3, 0.4) is 0 Å². The molecule has 0 aliphatic carbocycles. The first kappa shape index (κ1) is 30.1. The van der Waals surface area contributed by atoms with Crippen molar-refractivity contribution in [1.82, 2.24) is 15.5 Å². The molecule has 11 nitrogen and oxygen atoms in total. The number of carbonyl (C=O) groups excluding carboxylic acids is 3. The van der Waals surface area contributed by atoms with E-state index in [0.717, 1.165) is 17.3 Å². The fraction of sp³-hybridized carbons (Fsp3) is 0.207. The molecule has 0 fully saturated rings. The van der Waals surface area contributed by atoms with Gasteiger partial charge in [-0.05, 0) is 53.9 Å². The van der Waals surface area contributed by atoms with Crippen molar-refractivity contribution >= 4 is 56.2 Å². The summed E-state index contributed by atoms with van der Waals surface area (Å²) in [5.41, 5.74) is 2.78. The summed E-state index contributed by atoms with van der Waals surface area (Å²) in [7, 11) is -3.77. The van der Waals surface area contributed by atoms with Crippen LogP contribution in [0.4, 0.5) is 10.1 Å². The topological polar surface area (TPSA) is 163 Å². The highest BCUT2D eigenvalue weighted by atomic mass is 32.2. The van der Waals surface area contributed by atoms with E-state index in [-0.39, 0.29) is 46.4 Å². The minimum atomic E-state index is -3.77. The highest BCUT2D eigenvalue weighted by Gasteiger charge is 2.42. The number of thioether (sulfide) groups is 1. The Kier molecular flexibility index (Phi) is 8.99. The number of hydrogen-bond acceptors (Lipinski definition) is 8. The number of benzene rings is 3. The summed E-state index contributed by atoms with van der Waals surface area (Å²) in [5, 5.41) is 10.9. The largest absolute Gasteiger partial charge is 0.355 e. The fourth-order valence-electron chi connectivity index (χ4n) is 4.46. The van der Waals surface area contributed by atoms with Gasteiger partial charge in [0.2, 0.25) is 21.8 Å². The lowest BCUT2D eigenvalue weighted by atomic mass is 10.1. The van der Waals surface area contributed by atoms with Crippen LogP contribution in [-0.4, -0.2) is 60.4 Å². The normalized spacial score (nSPS) is 15.7. The van der Waals surface area contributed by atoms with Gasteiger partial charge in [-0.1, -0.05) is 48.2 Å². The van der Waals surface area contributed by atoms with Crippen LogP contribution in [-0.2, 0) is 37.4 Å². The molecule has 0 bridgehead atoms. The minimum absolute atomic E-state index is 0.0127. The Morgan fingerprint density at radius 3 is 2.37 bits per heavy atom. The lowest BCUT2D eigenvalue weighted by molar-refractivity contribution is -0.128. The number of primary sulfonamides is 1. The summed E-state index contributed by atoms with van der Waals surface area (Å²) in [4.78, 5) is 49.2. The first-order chi connectivity index (χ1) is 20.6. The first-order valence-corrected chi connectivity index (χ1v) is 15.7. The van der Waals surface area contributed by atoms with E-state index in [2.05, 4.69) is 20.6 Å². The molecule has 0 aromatic heterocycles. The van der Waals surface area contributed by atoms with Crippen LogP contribution in [0.25, 0.3) is 0 Å². The quantitative estimate of drug-likeness (QED) is 0.314. The second-order valence-electron chi connectivity index (χ2n) is 9.74. The number of aliphatic imine (C=N–C) groups is 2. The molecule has 4 N–H and O–H groups in total. The maximum Gasteiger partial charge on any atom is 0.259 e. The monoisotopic (exact) mass is 622 g/mol. The Morgan fingerprint density at radius 2 is 1.65 bits per heavy atom. The van der Waals surface area contributed by atoms with Crippen molar-refractivity contribution in [3.05, 3.63) is 95.3 Å². The molecule has 0 radical (unpaired) electrons. The van der Waals surface area contributed by atoms with Gasteiger partial charge in [-0.25, -0.2) is 27.8 Å². The molecule has 0 spiro atoms. The number of hydrogen-bond donors (Lipinski definition) is 3. The Balaban J connectivity index is 1.18. The molecule has 2 aliphatic rings. The zero-order valence-electron chi connectivity index (χ0n) is 22.7. The van der Waals surface area contributed by atoms with Gasteiger partial charge in [-0.3, -0.25) is 19.4 Å². The average Bonchev–Trinajstić information content (AvgIpc) is 3.31. The van der Waals surface area contributed by atoms with E-state index in [9.17, 15) is 27.2 Å². The van der Waals surface area contributed by atoms with Gasteiger partial charge < -0.3 is 10.6 Å². The molecule has 3 amide bonds. The zero-order chi connectivity index (χ0) is 30.6. The van der Waals surface area contributed by atoms with Crippen molar-refractivity contribution in [2.75, 3.05) is 12.3 Å². The molecule has 3 aromatic rings. The second kappa shape index (κ2) is 12.9. The number of sulfonamides is 1. The average molecular weight is 623 g/mol. The Labute approximate surface area is 251 Å². The molecule has 3 aromatic carbocycles. The number of halogens is 1. The van der Waals surface area contributed by atoms with Gasteiger partial charge in [0.1, 0.15) is 17.7 Å². The molecule has 43 heavy (non-hydrogen) atoms. The SMILES string of the molecule is NS(=O)(=O)c1ccc(CCNC(=O)CSC2=Nc3ccccc3C3=N[C@@H](CC(=O)NCc4ccc(F)cc4)C(=O)N23)cc1. The maximum atomic E-state index is 13.4. The van der Waals surface area contributed by atoms with Crippen LogP contribution in [0.5, 0.6) is 0 Å². The van der Waals surface area contributed by atoms with Gasteiger partial charge in [-0.2, -0.15) is 0 Å². The van der Waals surface area contributed by atoms with Crippen molar-refractivity contribution in [2.24, 2.45) is 15.1 Å². The number of para-hydroxylation sites is 1. The van der Waals surface area contributed by atoms with Crippen molar-refractivity contribution in [1.29, 1.82) is 0 Å². The van der Waals surface area contributed by atoms with E-state index in [0.29, 0.717) is 35.6 Å². The standard InChI is InChI=1S/C29H27FN6O5S2/c30-20-9-5-19(6-10-20)16-33-25(37)15-24-28(39)36-27(34-24)22-3-1-2-4-23(22)35-29(36)42-17-26(38)32-14-13-18-7-11-21(12-8-18)43(31,40)41/h1-12,24H,13-17H2,(H,32,38)(H,33,37)(H2,31,40,41)/t24-/m0/s1. The van der Waals surface area contributed by atoms with Crippen molar-refractivity contribution < 1.29 is 27.2 Å². The molecule has 5 rings (SSSR count). The highest BCUT2D eigenvalue weighted by molar-refractivity contribution is 8.14. The van der Waals surface area contributed by atoms with Crippen LogP contribution in [0, 0.1) is 5.82 Å². The van der Waals surface area contributed by atoms with Crippen LogP contribution >= 0.6 is 11.8 Å². The van der Waals surface area contributed by atoms with Crippen molar-refractivity contribution in [3.8, 4) is 0 Å².